The van der Waals surface area contributed by atoms with Gasteiger partial charge in [-0.25, -0.2) is 13.2 Å². The van der Waals surface area contributed by atoms with Crippen LogP contribution in [0.5, 0.6) is 0 Å². The van der Waals surface area contributed by atoms with E-state index in [-0.39, 0.29) is 0 Å². The second-order valence-corrected chi connectivity index (χ2v) is 9.71. The second kappa shape index (κ2) is 11.2. The molecule has 0 saturated carbocycles. The van der Waals surface area contributed by atoms with Gasteiger partial charge in [-0.05, 0) is 20.8 Å². The van der Waals surface area contributed by atoms with Crippen LogP contribution in [-0.2, 0) is 13.3 Å². The van der Waals surface area contributed by atoms with Gasteiger partial charge in [-0.3, -0.25) is 0 Å². The first-order valence-corrected chi connectivity index (χ1v) is 11.7. The molecule has 0 rings (SSSR count). The highest BCUT2D eigenvalue weighted by atomic mass is 28.4. The monoisotopic (exact) mass is 610 g/mol. The molecule has 0 aliphatic carbocycles. The SMILES string of the molecule is CCO[Si](CC(F)C(F)(F)C(F)(F)C(F)(F)C(F)(F)C(F)(F)C(F)(F)C(F)(F)C(F)F)(OCC)OCC. The van der Waals surface area contributed by atoms with E-state index in [0.29, 0.717) is 0 Å². The third-order valence-electron chi connectivity index (χ3n) is 4.60. The summed E-state index contributed by atoms with van der Waals surface area (Å²) < 4.78 is 243. The van der Waals surface area contributed by atoms with Crippen LogP contribution in [0.4, 0.5) is 74.6 Å². The molecular weight excluding hydrogens is 591 g/mol. The molecule has 0 aromatic heterocycles. The van der Waals surface area contributed by atoms with Crippen LogP contribution < -0.4 is 0 Å². The van der Waals surface area contributed by atoms with Crippen molar-refractivity contribution in [3.8, 4) is 0 Å². The number of rotatable bonds is 16. The van der Waals surface area contributed by atoms with Crippen LogP contribution >= 0.6 is 0 Å². The summed E-state index contributed by atoms with van der Waals surface area (Å²) in [4.78, 5) is 0. The maximum Gasteiger partial charge on any atom is 0.504 e. The highest BCUT2D eigenvalue weighted by molar-refractivity contribution is 6.60. The van der Waals surface area contributed by atoms with E-state index in [1.165, 1.54) is 0 Å². The lowest BCUT2D eigenvalue weighted by atomic mass is 9.88. The zero-order valence-electron chi connectivity index (χ0n) is 18.6. The van der Waals surface area contributed by atoms with Crippen molar-refractivity contribution in [3.63, 3.8) is 0 Å². The number of halogens is 17. The van der Waals surface area contributed by atoms with Crippen molar-refractivity contribution in [3.05, 3.63) is 0 Å². The molecule has 37 heavy (non-hydrogen) atoms. The Morgan fingerprint density at radius 2 is 0.757 bits per heavy atom. The van der Waals surface area contributed by atoms with Crippen molar-refractivity contribution >= 4 is 8.80 Å². The smallest absolute Gasteiger partial charge is 0.374 e. The van der Waals surface area contributed by atoms with E-state index in [2.05, 4.69) is 0 Å². The van der Waals surface area contributed by atoms with Gasteiger partial charge in [-0.15, -0.1) is 0 Å². The van der Waals surface area contributed by atoms with Crippen LogP contribution in [0.15, 0.2) is 0 Å². The van der Waals surface area contributed by atoms with Gasteiger partial charge >= 0.3 is 56.7 Å². The summed E-state index contributed by atoms with van der Waals surface area (Å²) in [7, 11) is -4.83. The highest BCUT2D eigenvalue weighted by Gasteiger charge is 2.94. The molecule has 0 heterocycles. The molecule has 0 aromatic carbocycles. The maximum absolute atomic E-state index is 14.3. The van der Waals surface area contributed by atoms with Gasteiger partial charge in [0, 0.05) is 19.8 Å². The van der Waals surface area contributed by atoms with Gasteiger partial charge in [0.25, 0.3) is 0 Å². The molecule has 0 saturated heterocycles. The van der Waals surface area contributed by atoms with Gasteiger partial charge in [0.2, 0.25) is 0 Å². The molecule has 0 aromatic rings. The van der Waals surface area contributed by atoms with E-state index < -0.39 is 88.7 Å². The van der Waals surface area contributed by atoms with Crippen molar-refractivity contribution in [2.75, 3.05) is 19.8 Å². The highest BCUT2D eigenvalue weighted by Crippen LogP contribution is 2.63. The largest absolute Gasteiger partial charge is 0.504 e. The van der Waals surface area contributed by atoms with Crippen LogP contribution in [0.3, 0.4) is 0 Å². The summed E-state index contributed by atoms with van der Waals surface area (Å²) in [5.74, 6) is -56.5. The molecule has 0 spiro atoms. The minimum Gasteiger partial charge on any atom is -0.374 e. The van der Waals surface area contributed by atoms with Crippen molar-refractivity contribution in [2.24, 2.45) is 0 Å². The zero-order valence-corrected chi connectivity index (χ0v) is 19.6. The summed E-state index contributed by atoms with van der Waals surface area (Å²) in [6.45, 7) is 1.63. The fraction of sp³-hybridized carbons (Fsp3) is 1.00. The van der Waals surface area contributed by atoms with Crippen LogP contribution in [0.2, 0.25) is 6.04 Å². The maximum atomic E-state index is 14.3. The first kappa shape index (κ1) is 35.9. The average Bonchev–Trinajstić information content (AvgIpc) is 2.73. The molecule has 0 aliphatic rings. The summed E-state index contributed by atoms with van der Waals surface area (Å²) >= 11 is 0. The molecule has 0 bridgehead atoms. The van der Waals surface area contributed by atoms with Gasteiger partial charge in [-0.1, -0.05) is 0 Å². The molecule has 0 radical (unpaired) electrons. The molecule has 0 fully saturated rings. The number of hydrogen-bond acceptors (Lipinski definition) is 3. The topological polar surface area (TPSA) is 27.7 Å². The van der Waals surface area contributed by atoms with Crippen molar-refractivity contribution in [1.29, 1.82) is 0 Å². The lowest BCUT2D eigenvalue weighted by Gasteiger charge is -2.43. The van der Waals surface area contributed by atoms with Crippen LogP contribution in [0, 0.1) is 0 Å². The summed E-state index contributed by atoms with van der Waals surface area (Å²) in [6, 6.07) is -2.19. The molecule has 0 amide bonds. The minimum absolute atomic E-state index is 0.561. The molecule has 1 atom stereocenters. The Balaban J connectivity index is 6.70. The van der Waals surface area contributed by atoms with Crippen molar-refractivity contribution in [2.45, 2.75) is 80.9 Å². The first-order valence-electron chi connectivity index (χ1n) is 9.74. The lowest BCUT2D eigenvalue weighted by molar-refractivity contribution is -0.449. The Labute approximate surface area is 198 Å². The Kier molecular flexibility index (Phi) is 10.9. The Morgan fingerprint density at radius 1 is 0.486 bits per heavy atom. The van der Waals surface area contributed by atoms with E-state index in [1.54, 1.807) is 0 Å². The third-order valence-corrected chi connectivity index (χ3v) is 7.65. The number of alkyl halides is 17. The Hall–Kier alpha value is -1.09. The van der Waals surface area contributed by atoms with Gasteiger partial charge < -0.3 is 13.3 Å². The standard InChI is InChI=1S/C16H19F17O3Si/c1-4-34-37(35-5-2,36-6-3)7-8(17)10(20,21)12(24,25)14(28,29)16(32,33)15(30,31)13(26,27)11(22,23)9(18)19/h8-9H,4-7H2,1-3H3. The van der Waals surface area contributed by atoms with Crippen LogP contribution in [0.1, 0.15) is 20.8 Å². The fourth-order valence-corrected chi connectivity index (χ4v) is 5.27. The summed E-state index contributed by atoms with van der Waals surface area (Å²) in [6.07, 6.45) is -10.7. The predicted molar refractivity (Wildman–Crippen MR) is 91.0 cm³/mol. The van der Waals surface area contributed by atoms with Gasteiger partial charge in [0.05, 0.1) is 6.04 Å². The molecular formula is C16H19F17O3Si. The molecule has 1 unspecified atom stereocenters. The summed E-state index contributed by atoms with van der Waals surface area (Å²) in [5, 5.41) is 0. The fourth-order valence-electron chi connectivity index (χ4n) is 2.65. The number of hydrogen-bond donors (Lipinski definition) is 0. The van der Waals surface area contributed by atoms with E-state index in [9.17, 15) is 74.6 Å². The quantitative estimate of drug-likeness (QED) is 0.138. The molecule has 0 aliphatic heterocycles. The van der Waals surface area contributed by atoms with Gasteiger partial charge in [0.1, 0.15) is 0 Å². The Bertz CT molecular complexity index is 729. The van der Waals surface area contributed by atoms with Gasteiger partial charge in [0.15, 0.2) is 6.17 Å². The zero-order chi connectivity index (χ0) is 30.1. The van der Waals surface area contributed by atoms with Crippen LogP contribution in [-0.4, -0.2) is 82.7 Å². The van der Waals surface area contributed by atoms with Crippen molar-refractivity contribution in [1.82, 2.24) is 0 Å². The van der Waals surface area contributed by atoms with Gasteiger partial charge in [-0.2, -0.15) is 61.5 Å². The molecule has 224 valence electrons. The third kappa shape index (κ3) is 5.63. The lowest BCUT2D eigenvalue weighted by Crippen LogP contribution is -2.74. The molecule has 21 heteroatoms. The van der Waals surface area contributed by atoms with E-state index in [4.69, 9.17) is 13.3 Å². The van der Waals surface area contributed by atoms with E-state index in [1.807, 2.05) is 0 Å². The predicted octanol–water partition coefficient (Wildman–Crippen LogP) is 7.09. The second-order valence-electron chi connectivity index (χ2n) is 7.07. The first-order chi connectivity index (χ1) is 16.3. The molecule has 0 N–H and O–H groups in total. The average molecular weight is 610 g/mol. The Morgan fingerprint density at radius 3 is 1.03 bits per heavy atom. The normalized spacial score (nSPS) is 16.5. The van der Waals surface area contributed by atoms with E-state index in [0.717, 1.165) is 20.8 Å². The van der Waals surface area contributed by atoms with Crippen LogP contribution in [0.25, 0.3) is 0 Å². The minimum atomic E-state index is -8.59. The van der Waals surface area contributed by atoms with Crippen molar-refractivity contribution < 1.29 is 87.9 Å². The summed E-state index contributed by atoms with van der Waals surface area (Å²) in [5.41, 5.74) is 0. The molecule has 3 nitrogen and oxygen atoms in total. The van der Waals surface area contributed by atoms with E-state index >= 15 is 0 Å².